The first kappa shape index (κ1) is 86.1. The normalized spacial score (nSPS) is 13.4. The largest absolute Gasteiger partial charge is 0.457 e. The Labute approximate surface area is 734 Å². The number of anilines is 2. The van der Waals surface area contributed by atoms with Gasteiger partial charge >= 0.3 is 0 Å². The second-order valence-corrected chi connectivity index (χ2v) is 39.7. The third-order valence-electron chi connectivity index (χ3n) is 22.6. The summed E-state index contributed by atoms with van der Waals surface area (Å²) < 4.78 is 213. The molecule has 25 nitrogen and oxygen atoms in total. The number of nitrogens with zero attached hydrogens (tertiary/aromatic N) is 2. The zero-order valence-corrected chi connectivity index (χ0v) is 73.3. The van der Waals surface area contributed by atoms with Crippen LogP contribution in [-0.2, 0) is 50.6 Å². The molecule has 0 radical (unpaired) electrons. The number of thiol groups is 1. The molecule has 2 aliphatic heterocycles. The highest BCUT2D eigenvalue weighted by Crippen LogP contribution is 2.60. The van der Waals surface area contributed by atoms with Crippen molar-refractivity contribution in [2.24, 2.45) is 0 Å². The number of para-hydroxylation sites is 2. The zero-order chi connectivity index (χ0) is 90.5. The molecule has 0 aromatic heterocycles. The van der Waals surface area contributed by atoms with Gasteiger partial charge in [0.05, 0.1) is 58.1 Å². The van der Waals surface area contributed by atoms with Gasteiger partial charge in [0.15, 0.2) is 0 Å². The van der Waals surface area contributed by atoms with Gasteiger partial charge < -0.3 is 18.9 Å². The Hall–Kier alpha value is -13.0. The van der Waals surface area contributed by atoms with Crippen molar-refractivity contribution in [1.29, 1.82) is 0 Å². The minimum Gasteiger partial charge on any atom is -0.457 e. The fourth-order valence-corrected chi connectivity index (χ4v) is 19.4. The Bertz CT molecular complexity index is 7500. The topological polar surface area (TPSA) is 384 Å². The molecule has 15 aromatic carbocycles. The van der Waals surface area contributed by atoms with Crippen LogP contribution in [0.3, 0.4) is 0 Å². The summed E-state index contributed by atoms with van der Waals surface area (Å²) in [6.07, 6.45) is 0. The molecule has 17 rings (SSSR count). The lowest BCUT2D eigenvalue weighted by atomic mass is 9.80. The Morgan fingerprint density at radius 1 is 0.252 bits per heavy atom. The van der Waals surface area contributed by atoms with Crippen LogP contribution in [0.2, 0.25) is 0 Å². The molecule has 0 unspecified atom stereocenters. The Kier molecular flexibility index (Phi) is 21.6. The van der Waals surface area contributed by atoms with E-state index in [9.17, 15) is 64.9 Å². The molecule has 0 saturated carbocycles. The van der Waals surface area contributed by atoms with Gasteiger partial charge in [0.2, 0.25) is 0 Å². The number of amides is 4. The molecule has 15 aromatic rings. The number of hydrogen-bond donors (Lipinski definition) is 6. The predicted octanol–water partition coefficient (Wildman–Crippen LogP) is 22.2. The maximum atomic E-state index is 17.0. The maximum absolute atomic E-state index is 17.0. The first-order valence-corrected chi connectivity index (χ1v) is 47.2. The lowest BCUT2D eigenvalue weighted by molar-refractivity contribution is 0.0877. The van der Waals surface area contributed by atoms with Crippen LogP contribution in [-0.4, -0.2) is 88.5 Å². The summed E-state index contributed by atoms with van der Waals surface area (Å²) in [6, 6.07) is 57.7. The molecule has 127 heavy (non-hydrogen) atoms. The molecule has 0 saturated heterocycles. The van der Waals surface area contributed by atoms with E-state index in [2.05, 4.69) is 12.6 Å². The number of imide groups is 2. The first-order chi connectivity index (χ1) is 60.0. The monoisotopic (exact) mass is 1810 g/mol. The summed E-state index contributed by atoms with van der Waals surface area (Å²) in [4.78, 5) is 67.7. The number of rotatable bonds is 23. The molecule has 0 atom stereocenters. The molecule has 0 bridgehead atoms. The second-order valence-electron chi connectivity index (χ2n) is 32.1. The van der Waals surface area contributed by atoms with E-state index in [0.29, 0.717) is 49.4 Å². The van der Waals surface area contributed by atoms with Gasteiger partial charge in [-0.15, -0.1) is 12.6 Å². The minimum absolute atomic E-state index is 0.0174. The van der Waals surface area contributed by atoms with E-state index in [1.54, 1.807) is 84.9 Å². The highest BCUT2D eigenvalue weighted by molar-refractivity contribution is 7.87. The van der Waals surface area contributed by atoms with Crippen molar-refractivity contribution in [3.8, 4) is 90.5 Å². The van der Waals surface area contributed by atoms with Gasteiger partial charge in [-0.25, -0.2) is 9.80 Å². The highest BCUT2D eigenvalue weighted by Gasteiger charge is 2.45. The Morgan fingerprint density at radius 2 is 0.496 bits per heavy atom. The lowest BCUT2D eigenvalue weighted by Gasteiger charge is -2.35. The third kappa shape index (κ3) is 15.8. The summed E-state index contributed by atoms with van der Waals surface area (Å²) in [7, 11) is -24.9. The van der Waals surface area contributed by atoms with Crippen molar-refractivity contribution >= 4 is 141 Å². The van der Waals surface area contributed by atoms with E-state index < -0.39 is 122 Å². The van der Waals surface area contributed by atoms with Gasteiger partial charge in [-0.1, -0.05) is 165 Å². The van der Waals surface area contributed by atoms with Gasteiger partial charge in [0.25, 0.3) is 74.2 Å². The molecule has 642 valence electrons. The van der Waals surface area contributed by atoms with Crippen LogP contribution >= 0.6 is 12.6 Å². The zero-order valence-electron chi connectivity index (χ0n) is 68.4. The SMILES string of the molecule is CC(C)c1cccc(C(C)C)c1N1C(=O)c2cc(Oc3cccc(-c4ccc(S)cc4)c3)c3c4c(Oc5cccc(-c6ccc(S(=O)(=O)O)cc6)c5)cc5c6c(cc(Oc7cc(-c8ccc(S(=O)(=O)O)cc8)cc(S(=O)(=O)O)c7)c(c7c(Oc8cc(-c9ccc(S(=O)(=O)O)cc9)cc(S(=O)(=O)O)c8)cc(c2c37)C1=O)c64)C(=O)N(c1c(C(C)C)cccc1C(C)C)C5=O. The van der Waals surface area contributed by atoms with Crippen LogP contribution in [0.5, 0.6) is 46.0 Å². The van der Waals surface area contributed by atoms with Crippen LogP contribution in [0.15, 0.2) is 272 Å². The van der Waals surface area contributed by atoms with Crippen LogP contribution in [0.4, 0.5) is 11.4 Å². The predicted molar refractivity (Wildman–Crippen MR) is 483 cm³/mol. The highest BCUT2D eigenvalue weighted by atomic mass is 32.2. The minimum atomic E-state index is -5.31. The standard InChI is InChI=1S/C96H74N2O23S6/c1-49(2)71-17-11-18-72(50(3)4)91(71)97-93(99)75-45-79(118-61-15-9-13-57(37-61)53-21-29-65(122)30-22-53)85-86-80(119-62-16-10-14-58(38-62)54-23-31-66(32-24-54)123(103,104)105)46-76-84-78(96(102)98(94(76)100)92-73(51(5)6)19-12-20-74(92)52(7)8)48-82(121-64-40-60(42-70(44-64)127(115,116)117)56-27-35-68(36-28-56)125(109,110)111)88(90(84)86)87-81(47-77(95(97)101)83(75)89(85)87)120-63-39-59(41-69(43-63)126(112,113)114)55-25-33-67(34-26-55)124(106,107)108/h9-52,122H,1-8H3,(H,103,104,105)(H,106,107,108)(H,109,110,111)(H,112,113,114)(H,115,116,117). The second kappa shape index (κ2) is 31.8. The summed E-state index contributed by atoms with van der Waals surface area (Å²) in [6.45, 7) is 15.1. The average molecular weight is 1820 g/mol. The molecule has 0 fully saturated rings. The van der Waals surface area contributed by atoms with E-state index in [1.165, 1.54) is 84.9 Å². The molecule has 2 aliphatic rings. The third-order valence-corrected chi connectivity index (χ3v) is 27.2. The fraction of sp³-hybridized carbons (Fsp3) is 0.125. The van der Waals surface area contributed by atoms with Crippen LogP contribution < -0.4 is 28.7 Å². The molecular weight excluding hydrogens is 1740 g/mol. The Morgan fingerprint density at radius 3 is 0.764 bits per heavy atom. The van der Waals surface area contributed by atoms with Crippen molar-refractivity contribution in [3.05, 3.63) is 287 Å². The molecular formula is C96H74N2O23S6. The smallest absolute Gasteiger partial charge is 0.294 e. The van der Waals surface area contributed by atoms with Gasteiger partial charge in [0, 0.05) is 60.1 Å². The summed E-state index contributed by atoms with van der Waals surface area (Å²) in [5.74, 6) is -7.23. The average Bonchev–Trinajstić information content (AvgIpc) is 0.668. The van der Waals surface area contributed by atoms with Crippen LogP contribution in [0, 0.1) is 0 Å². The summed E-state index contributed by atoms with van der Waals surface area (Å²) >= 11 is 4.56. The van der Waals surface area contributed by atoms with E-state index in [1.807, 2.05) is 79.7 Å². The number of carbonyl (C=O) groups excluding carboxylic acids is 4. The molecule has 5 N–H and O–H groups in total. The van der Waals surface area contributed by atoms with Gasteiger partial charge in [-0.2, -0.15) is 42.1 Å². The number of ether oxygens (including phenoxy) is 4. The molecule has 31 heteroatoms. The fourth-order valence-electron chi connectivity index (χ4n) is 16.8. The van der Waals surface area contributed by atoms with Crippen molar-refractivity contribution in [2.75, 3.05) is 9.80 Å². The van der Waals surface area contributed by atoms with Crippen molar-refractivity contribution in [2.45, 2.75) is 108 Å². The van der Waals surface area contributed by atoms with Crippen LogP contribution in [0.1, 0.15) is 143 Å². The van der Waals surface area contributed by atoms with E-state index >= 15 is 19.2 Å². The first-order valence-electron chi connectivity index (χ1n) is 39.6. The molecule has 4 amide bonds. The van der Waals surface area contributed by atoms with E-state index in [4.69, 9.17) is 18.9 Å². The Balaban J connectivity index is 1.10. The number of carbonyl (C=O) groups is 4. The van der Waals surface area contributed by atoms with E-state index in [-0.39, 0.29) is 146 Å². The number of benzene rings is 15. The molecule has 2 heterocycles. The van der Waals surface area contributed by atoms with Gasteiger partial charge in [-0.05, 0) is 212 Å². The van der Waals surface area contributed by atoms with Crippen LogP contribution in [0.25, 0.3) is 87.6 Å². The quantitative estimate of drug-likeness (QED) is 0.0114. The van der Waals surface area contributed by atoms with Crippen molar-refractivity contribution < 1.29 is 103 Å². The van der Waals surface area contributed by atoms with Gasteiger partial charge in [-0.3, -0.25) is 41.9 Å². The number of fused-ring (bicyclic) bond motifs is 2. The van der Waals surface area contributed by atoms with Crippen molar-refractivity contribution in [3.63, 3.8) is 0 Å². The molecule has 0 spiro atoms. The molecule has 0 aliphatic carbocycles. The number of hydrogen-bond acceptors (Lipinski definition) is 19. The maximum Gasteiger partial charge on any atom is 0.294 e. The van der Waals surface area contributed by atoms with Gasteiger partial charge in [0.1, 0.15) is 46.0 Å². The lowest BCUT2D eigenvalue weighted by Crippen LogP contribution is -2.42. The summed E-state index contributed by atoms with van der Waals surface area (Å²) in [5.41, 5.74) is 3.89. The summed E-state index contributed by atoms with van der Waals surface area (Å²) in [5, 5.41) is -1.08. The van der Waals surface area contributed by atoms with Crippen molar-refractivity contribution in [1.82, 2.24) is 0 Å². The van der Waals surface area contributed by atoms with E-state index in [0.717, 1.165) is 58.3 Å².